The van der Waals surface area contributed by atoms with Crippen molar-refractivity contribution in [1.82, 2.24) is 25.1 Å². The van der Waals surface area contributed by atoms with Crippen molar-refractivity contribution in [3.05, 3.63) is 35.9 Å². The zero-order chi connectivity index (χ0) is 16.8. The highest BCUT2D eigenvalue weighted by Gasteiger charge is 2.29. The van der Waals surface area contributed by atoms with Crippen molar-refractivity contribution < 1.29 is 4.79 Å². The normalized spacial score (nSPS) is 20.5. The molecule has 0 aromatic carbocycles. The second-order valence-electron chi connectivity index (χ2n) is 6.71. The number of nitrogens with zero attached hydrogens (tertiary/aromatic N) is 4. The lowest BCUT2D eigenvalue weighted by atomic mass is 10.2. The molecule has 0 bridgehead atoms. The zero-order valence-electron chi connectivity index (χ0n) is 14.4. The summed E-state index contributed by atoms with van der Waals surface area (Å²) in [6.45, 7) is 3.06. The van der Waals surface area contributed by atoms with E-state index < -0.39 is 0 Å². The first-order chi connectivity index (χ1) is 11.7. The molecule has 1 atom stereocenters. The van der Waals surface area contributed by atoms with Gasteiger partial charge < -0.3 is 10.2 Å². The Morgan fingerprint density at radius 3 is 3.00 bits per heavy atom. The standard InChI is InChI=1S/C18H27N5O/c1-22(14-17-19-9-4-10-20-17)16-8-12-23(13-16)18(24)21-11-7-15-5-2-3-6-15/h4-5,9-10,16H,2-3,6-8,11-14H2,1H3,(H,21,24)/t16-/m0/s1. The van der Waals surface area contributed by atoms with E-state index in [-0.39, 0.29) is 6.03 Å². The minimum absolute atomic E-state index is 0.0699. The molecule has 2 aliphatic rings. The van der Waals surface area contributed by atoms with Crippen LogP contribution in [-0.4, -0.2) is 58.5 Å². The predicted octanol–water partition coefficient (Wildman–Crippen LogP) is 2.19. The highest BCUT2D eigenvalue weighted by atomic mass is 16.2. The Morgan fingerprint density at radius 1 is 1.42 bits per heavy atom. The smallest absolute Gasteiger partial charge is 0.317 e. The number of amides is 2. The molecule has 130 valence electrons. The van der Waals surface area contributed by atoms with E-state index in [2.05, 4.69) is 33.3 Å². The fourth-order valence-electron chi connectivity index (χ4n) is 3.46. The molecule has 1 saturated heterocycles. The lowest BCUT2D eigenvalue weighted by molar-refractivity contribution is 0.196. The molecule has 6 nitrogen and oxygen atoms in total. The number of aromatic nitrogens is 2. The van der Waals surface area contributed by atoms with Crippen LogP contribution >= 0.6 is 0 Å². The molecule has 1 fully saturated rings. The van der Waals surface area contributed by atoms with Crippen molar-refractivity contribution in [1.29, 1.82) is 0 Å². The Bertz CT molecular complexity index is 574. The molecule has 3 rings (SSSR count). The Balaban J connectivity index is 1.40. The summed E-state index contributed by atoms with van der Waals surface area (Å²) in [4.78, 5) is 25.0. The van der Waals surface area contributed by atoms with Crippen LogP contribution in [-0.2, 0) is 6.54 Å². The number of hydrogen-bond acceptors (Lipinski definition) is 4. The molecular weight excluding hydrogens is 302 g/mol. The minimum atomic E-state index is 0.0699. The van der Waals surface area contributed by atoms with E-state index in [9.17, 15) is 4.79 Å². The van der Waals surface area contributed by atoms with E-state index in [4.69, 9.17) is 0 Å². The molecule has 1 aliphatic carbocycles. The average Bonchev–Trinajstić information content (AvgIpc) is 3.27. The number of carbonyl (C=O) groups is 1. The Morgan fingerprint density at radius 2 is 2.25 bits per heavy atom. The van der Waals surface area contributed by atoms with Crippen LogP contribution in [0, 0.1) is 0 Å². The number of urea groups is 1. The maximum Gasteiger partial charge on any atom is 0.317 e. The van der Waals surface area contributed by atoms with Crippen molar-refractivity contribution in [3.8, 4) is 0 Å². The van der Waals surface area contributed by atoms with Crippen LogP contribution in [0.1, 0.15) is 37.9 Å². The molecule has 0 spiro atoms. The highest BCUT2D eigenvalue weighted by molar-refractivity contribution is 5.74. The third-order valence-corrected chi connectivity index (χ3v) is 4.94. The van der Waals surface area contributed by atoms with Gasteiger partial charge in [0.05, 0.1) is 6.54 Å². The van der Waals surface area contributed by atoms with Gasteiger partial charge in [-0.2, -0.15) is 0 Å². The molecule has 2 heterocycles. The molecule has 2 amide bonds. The molecule has 0 radical (unpaired) electrons. The lowest BCUT2D eigenvalue weighted by Gasteiger charge is -2.24. The monoisotopic (exact) mass is 329 g/mol. The summed E-state index contributed by atoms with van der Waals surface area (Å²) >= 11 is 0. The number of allylic oxidation sites excluding steroid dienone is 1. The lowest BCUT2D eigenvalue weighted by Crippen LogP contribution is -2.41. The zero-order valence-corrected chi connectivity index (χ0v) is 14.4. The van der Waals surface area contributed by atoms with E-state index >= 15 is 0 Å². The largest absolute Gasteiger partial charge is 0.338 e. The fraction of sp³-hybridized carbons (Fsp3) is 0.611. The van der Waals surface area contributed by atoms with Gasteiger partial charge in [-0.1, -0.05) is 11.6 Å². The van der Waals surface area contributed by atoms with E-state index in [0.29, 0.717) is 6.04 Å². The van der Waals surface area contributed by atoms with E-state index in [1.807, 2.05) is 11.0 Å². The number of likely N-dealkylation sites (tertiary alicyclic amines) is 1. The second kappa shape index (κ2) is 8.24. The molecular formula is C18H27N5O. The van der Waals surface area contributed by atoms with Gasteiger partial charge in [-0.3, -0.25) is 4.90 Å². The van der Waals surface area contributed by atoms with Gasteiger partial charge >= 0.3 is 6.03 Å². The molecule has 0 unspecified atom stereocenters. The van der Waals surface area contributed by atoms with Crippen molar-refractivity contribution in [3.63, 3.8) is 0 Å². The van der Waals surface area contributed by atoms with Crippen LogP contribution < -0.4 is 5.32 Å². The number of likely N-dealkylation sites (N-methyl/N-ethyl adjacent to an activating group) is 1. The summed E-state index contributed by atoms with van der Waals surface area (Å²) in [7, 11) is 2.08. The predicted molar refractivity (Wildman–Crippen MR) is 93.4 cm³/mol. The van der Waals surface area contributed by atoms with Crippen molar-refractivity contribution in [2.75, 3.05) is 26.7 Å². The van der Waals surface area contributed by atoms with E-state index in [0.717, 1.165) is 44.8 Å². The first kappa shape index (κ1) is 16.9. The third kappa shape index (κ3) is 4.54. The first-order valence-electron chi connectivity index (χ1n) is 8.89. The van der Waals surface area contributed by atoms with Gasteiger partial charge in [-0.25, -0.2) is 14.8 Å². The molecule has 24 heavy (non-hydrogen) atoms. The van der Waals surface area contributed by atoms with Gasteiger partial charge in [0.15, 0.2) is 0 Å². The molecule has 0 saturated carbocycles. The summed E-state index contributed by atoms with van der Waals surface area (Å²) < 4.78 is 0. The molecule has 1 aromatic rings. The van der Waals surface area contributed by atoms with E-state index in [1.54, 1.807) is 12.4 Å². The molecule has 1 aliphatic heterocycles. The minimum Gasteiger partial charge on any atom is -0.338 e. The van der Waals surface area contributed by atoms with E-state index in [1.165, 1.54) is 24.8 Å². The van der Waals surface area contributed by atoms with Crippen molar-refractivity contribution in [2.45, 2.75) is 44.7 Å². The molecule has 6 heteroatoms. The van der Waals surface area contributed by atoms with Gasteiger partial charge in [-0.15, -0.1) is 0 Å². The van der Waals surface area contributed by atoms with Crippen LogP contribution in [0.25, 0.3) is 0 Å². The maximum atomic E-state index is 12.3. The topological polar surface area (TPSA) is 61.4 Å². The van der Waals surface area contributed by atoms with Crippen LogP contribution in [0.2, 0.25) is 0 Å². The number of nitrogens with one attached hydrogen (secondary N) is 1. The first-order valence-corrected chi connectivity index (χ1v) is 8.89. The summed E-state index contributed by atoms with van der Waals surface area (Å²) in [6, 6.07) is 2.27. The molecule has 1 aromatic heterocycles. The van der Waals surface area contributed by atoms with Gasteiger partial charge in [0.1, 0.15) is 5.82 Å². The van der Waals surface area contributed by atoms with Gasteiger partial charge in [0.25, 0.3) is 0 Å². The number of hydrogen-bond donors (Lipinski definition) is 1. The average molecular weight is 329 g/mol. The van der Waals surface area contributed by atoms with Crippen molar-refractivity contribution in [2.24, 2.45) is 0 Å². The van der Waals surface area contributed by atoms with Crippen LogP contribution in [0.3, 0.4) is 0 Å². The Kier molecular flexibility index (Phi) is 5.80. The second-order valence-corrected chi connectivity index (χ2v) is 6.71. The van der Waals surface area contributed by atoms with Crippen molar-refractivity contribution >= 4 is 6.03 Å². The van der Waals surface area contributed by atoms with Crippen LogP contribution in [0.15, 0.2) is 30.1 Å². The summed E-state index contributed by atoms with van der Waals surface area (Å²) in [5, 5.41) is 3.06. The summed E-state index contributed by atoms with van der Waals surface area (Å²) in [5.74, 6) is 0.827. The molecule has 1 N–H and O–H groups in total. The Labute approximate surface area is 144 Å². The quantitative estimate of drug-likeness (QED) is 0.813. The maximum absolute atomic E-state index is 12.3. The fourth-order valence-corrected chi connectivity index (χ4v) is 3.46. The number of carbonyl (C=O) groups excluding carboxylic acids is 1. The van der Waals surface area contributed by atoms with Gasteiger partial charge in [-0.05, 0) is 45.2 Å². The summed E-state index contributed by atoms with van der Waals surface area (Å²) in [6.07, 6.45) is 11.5. The van der Waals surface area contributed by atoms with Gasteiger partial charge in [0.2, 0.25) is 0 Å². The Hall–Kier alpha value is -1.95. The third-order valence-electron chi connectivity index (χ3n) is 4.94. The van der Waals surface area contributed by atoms with Crippen LogP contribution in [0.4, 0.5) is 4.79 Å². The van der Waals surface area contributed by atoms with Gasteiger partial charge in [0, 0.05) is 38.1 Å². The number of rotatable bonds is 6. The summed E-state index contributed by atoms with van der Waals surface area (Å²) in [5.41, 5.74) is 1.50. The SMILES string of the molecule is CN(Cc1ncccn1)[C@H]1CCN(C(=O)NCCC2=CCCC2)C1. The van der Waals surface area contributed by atoms with Crippen LogP contribution in [0.5, 0.6) is 0 Å². The highest BCUT2D eigenvalue weighted by Crippen LogP contribution is 2.20.